The number of carbonyl (C=O) groups is 2. The van der Waals surface area contributed by atoms with Gasteiger partial charge in [-0.15, -0.1) is 0 Å². The van der Waals surface area contributed by atoms with Gasteiger partial charge in [0.2, 0.25) is 11.8 Å². The van der Waals surface area contributed by atoms with Gasteiger partial charge in [-0.05, 0) is 36.8 Å². The Morgan fingerprint density at radius 1 is 0.706 bits per heavy atom. The molecule has 0 aliphatic rings. The van der Waals surface area contributed by atoms with Gasteiger partial charge in [0.05, 0.1) is 0 Å². The van der Waals surface area contributed by atoms with Gasteiger partial charge >= 0.3 is 0 Å². The number of aromatic nitrogens is 2. The van der Waals surface area contributed by atoms with Crippen LogP contribution in [-0.4, -0.2) is 47.4 Å². The Kier molecular flexibility index (Phi) is 7.71. The molecule has 0 saturated carbocycles. The largest absolute Gasteiger partial charge is 0.429 e. The first kappa shape index (κ1) is 23.7. The van der Waals surface area contributed by atoms with Crippen molar-refractivity contribution in [1.29, 1.82) is 0 Å². The van der Waals surface area contributed by atoms with Crippen LogP contribution < -0.4 is 10.6 Å². The molecular formula is C24H22N4O4S2. The van der Waals surface area contributed by atoms with Crippen LogP contribution in [0.15, 0.2) is 79.7 Å². The summed E-state index contributed by atoms with van der Waals surface area (Å²) in [6.07, 6.45) is 3.63. The number of nitrogens with zero attached hydrogens (tertiary/aromatic N) is 2. The van der Waals surface area contributed by atoms with Gasteiger partial charge in [-0.2, -0.15) is 0 Å². The van der Waals surface area contributed by atoms with Crippen molar-refractivity contribution in [1.82, 2.24) is 20.6 Å². The molecule has 2 amide bonds. The van der Waals surface area contributed by atoms with Crippen molar-refractivity contribution < 1.29 is 18.4 Å². The molecule has 0 bridgehead atoms. The third-order valence-corrected chi connectivity index (χ3v) is 6.03. The molecule has 4 aromatic rings. The number of thioether (sulfide) groups is 2. The molecule has 10 heteroatoms. The third kappa shape index (κ3) is 5.35. The topological polar surface area (TPSA) is 110 Å². The maximum atomic E-state index is 12.7. The second kappa shape index (κ2) is 11.1. The van der Waals surface area contributed by atoms with Crippen LogP contribution >= 0.6 is 23.5 Å². The Labute approximate surface area is 204 Å². The molecule has 0 aliphatic carbocycles. The van der Waals surface area contributed by atoms with E-state index in [1.807, 2.05) is 73.2 Å². The summed E-state index contributed by atoms with van der Waals surface area (Å²) >= 11 is 2.61. The average molecular weight is 495 g/mol. The summed E-state index contributed by atoms with van der Waals surface area (Å²) in [6, 6.07) is 18.8. The molecule has 0 unspecified atom stereocenters. The van der Waals surface area contributed by atoms with Crippen molar-refractivity contribution in [2.45, 2.75) is 10.2 Å². The average Bonchev–Trinajstić information content (AvgIpc) is 3.52. The molecule has 2 aromatic heterocycles. The van der Waals surface area contributed by atoms with Crippen molar-refractivity contribution in [3.63, 3.8) is 0 Å². The Hall–Kier alpha value is -3.50. The van der Waals surface area contributed by atoms with E-state index in [4.69, 9.17) is 8.83 Å². The number of amides is 2. The van der Waals surface area contributed by atoms with Crippen molar-refractivity contribution in [2.24, 2.45) is 0 Å². The SMILES string of the molecule is CSc1oc(-c2ccccc2)nc1C(=O)NCCNC(=O)c1nc(-c2ccccc2)oc1SC. The molecule has 0 aliphatic heterocycles. The summed E-state index contributed by atoms with van der Waals surface area (Å²) in [7, 11) is 0. The summed E-state index contributed by atoms with van der Waals surface area (Å²) in [6.45, 7) is 0.424. The van der Waals surface area contributed by atoms with E-state index in [9.17, 15) is 9.59 Å². The first-order valence-electron chi connectivity index (χ1n) is 10.4. The fourth-order valence-corrected chi connectivity index (χ4v) is 4.09. The Bertz CT molecular complexity index is 1170. The second-order valence-corrected chi connectivity index (χ2v) is 8.52. The lowest BCUT2D eigenvalue weighted by Gasteiger charge is -2.05. The van der Waals surface area contributed by atoms with Crippen LogP contribution in [0.3, 0.4) is 0 Å². The summed E-state index contributed by atoms with van der Waals surface area (Å²) in [5, 5.41) is 6.40. The minimum Gasteiger partial charge on any atom is -0.429 e. The zero-order valence-corrected chi connectivity index (χ0v) is 20.2. The molecule has 0 spiro atoms. The summed E-state index contributed by atoms with van der Waals surface area (Å²) in [4.78, 5) is 34.0. The van der Waals surface area contributed by atoms with Crippen LogP contribution in [0.25, 0.3) is 22.9 Å². The molecule has 4 rings (SSSR count). The maximum Gasteiger partial charge on any atom is 0.274 e. The van der Waals surface area contributed by atoms with Crippen LogP contribution in [0, 0.1) is 0 Å². The Balaban J connectivity index is 1.35. The van der Waals surface area contributed by atoms with Gasteiger partial charge in [-0.25, -0.2) is 9.97 Å². The van der Waals surface area contributed by atoms with Gasteiger partial charge in [0.1, 0.15) is 0 Å². The quantitative estimate of drug-likeness (QED) is 0.257. The minimum absolute atomic E-state index is 0.212. The number of hydrogen-bond donors (Lipinski definition) is 2. The fraction of sp³-hybridized carbons (Fsp3) is 0.167. The van der Waals surface area contributed by atoms with E-state index in [1.54, 1.807) is 0 Å². The smallest absolute Gasteiger partial charge is 0.274 e. The van der Waals surface area contributed by atoms with Crippen LogP contribution in [0.2, 0.25) is 0 Å². The van der Waals surface area contributed by atoms with Gasteiger partial charge in [0, 0.05) is 24.2 Å². The van der Waals surface area contributed by atoms with E-state index < -0.39 is 0 Å². The summed E-state index contributed by atoms with van der Waals surface area (Å²) in [5.41, 5.74) is 2.00. The first-order chi connectivity index (χ1) is 16.6. The van der Waals surface area contributed by atoms with E-state index in [0.29, 0.717) is 22.0 Å². The van der Waals surface area contributed by atoms with Gasteiger partial charge in [0.15, 0.2) is 21.6 Å². The molecule has 2 aromatic carbocycles. The van der Waals surface area contributed by atoms with Crippen molar-refractivity contribution in [3.05, 3.63) is 72.1 Å². The number of rotatable bonds is 9. The molecule has 2 N–H and O–H groups in total. The first-order valence-corrected chi connectivity index (χ1v) is 12.8. The highest BCUT2D eigenvalue weighted by molar-refractivity contribution is 7.98. The number of oxazole rings is 2. The highest BCUT2D eigenvalue weighted by atomic mass is 32.2. The molecule has 0 saturated heterocycles. The van der Waals surface area contributed by atoms with E-state index in [0.717, 1.165) is 11.1 Å². The van der Waals surface area contributed by atoms with Crippen molar-refractivity contribution in [2.75, 3.05) is 25.6 Å². The van der Waals surface area contributed by atoms with Crippen LogP contribution in [0.4, 0.5) is 0 Å². The Morgan fingerprint density at radius 3 is 1.44 bits per heavy atom. The monoisotopic (exact) mass is 494 g/mol. The zero-order valence-electron chi connectivity index (χ0n) is 18.5. The van der Waals surface area contributed by atoms with Gasteiger partial charge in [-0.3, -0.25) is 9.59 Å². The third-order valence-electron chi connectivity index (χ3n) is 4.73. The standard InChI is InChI=1S/C24H22N4O4S2/c1-33-23-17(27-21(31-23)15-9-5-3-6-10-15)19(29)25-13-14-26-20(30)18-24(34-2)32-22(28-18)16-11-7-4-8-12-16/h3-12H,13-14H2,1-2H3,(H,25,29)(H,26,30). The lowest BCUT2D eigenvalue weighted by molar-refractivity contribution is 0.0918. The molecule has 0 radical (unpaired) electrons. The van der Waals surface area contributed by atoms with Crippen LogP contribution in [-0.2, 0) is 0 Å². The van der Waals surface area contributed by atoms with E-state index >= 15 is 0 Å². The minimum atomic E-state index is -0.373. The van der Waals surface area contributed by atoms with Gasteiger partial charge in [-0.1, -0.05) is 59.9 Å². The maximum absolute atomic E-state index is 12.7. The zero-order chi connectivity index (χ0) is 23.9. The predicted molar refractivity (Wildman–Crippen MR) is 132 cm³/mol. The highest BCUT2D eigenvalue weighted by Gasteiger charge is 2.22. The Morgan fingerprint density at radius 2 is 1.09 bits per heavy atom. The molecular weight excluding hydrogens is 472 g/mol. The molecule has 0 atom stereocenters. The van der Waals surface area contributed by atoms with Gasteiger partial charge < -0.3 is 19.5 Å². The predicted octanol–water partition coefficient (Wildman–Crippen LogP) is 4.60. The normalized spacial score (nSPS) is 10.8. The van der Waals surface area contributed by atoms with E-state index in [1.165, 1.54) is 23.5 Å². The number of benzene rings is 2. The molecule has 2 heterocycles. The van der Waals surface area contributed by atoms with Gasteiger partial charge in [0.25, 0.3) is 11.8 Å². The highest BCUT2D eigenvalue weighted by Crippen LogP contribution is 2.28. The van der Waals surface area contributed by atoms with E-state index in [2.05, 4.69) is 20.6 Å². The van der Waals surface area contributed by atoms with Crippen molar-refractivity contribution in [3.8, 4) is 22.9 Å². The number of carbonyl (C=O) groups excluding carboxylic acids is 2. The van der Waals surface area contributed by atoms with Crippen molar-refractivity contribution >= 4 is 35.3 Å². The van der Waals surface area contributed by atoms with E-state index in [-0.39, 0.29) is 36.3 Å². The fourth-order valence-electron chi connectivity index (χ4n) is 3.10. The molecule has 8 nitrogen and oxygen atoms in total. The summed E-state index contributed by atoms with van der Waals surface area (Å²) < 4.78 is 11.5. The second-order valence-electron chi connectivity index (χ2n) is 6.96. The van der Waals surface area contributed by atoms with Crippen LogP contribution in [0.1, 0.15) is 21.0 Å². The number of hydrogen-bond acceptors (Lipinski definition) is 8. The molecule has 34 heavy (non-hydrogen) atoms. The molecule has 0 fully saturated rings. The number of nitrogens with one attached hydrogen (secondary N) is 2. The lowest BCUT2D eigenvalue weighted by atomic mass is 10.2. The lowest BCUT2D eigenvalue weighted by Crippen LogP contribution is -2.35. The summed E-state index contributed by atoms with van der Waals surface area (Å²) in [5.74, 6) is 0.0192. The van der Waals surface area contributed by atoms with Crippen LogP contribution in [0.5, 0.6) is 0 Å². The molecule has 174 valence electrons.